The Morgan fingerprint density at radius 3 is 2.19 bits per heavy atom. The summed E-state index contributed by atoms with van der Waals surface area (Å²) >= 11 is 0. The van der Waals surface area contributed by atoms with Crippen molar-refractivity contribution >= 4 is 18.1 Å². The van der Waals surface area contributed by atoms with Crippen LogP contribution in [0.5, 0.6) is 5.75 Å². The summed E-state index contributed by atoms with van der Waals surface area (Å²) in [5.74, 6) is -0.0156. The molecule has 0 bridgehead atoms. The van der Waals surface area contributed by atoms with Crippen molar-refractivity contribution in [3.63, 3.8) is 0 Å². The summed E-state index contributed by atoms with van der Waals surface area (Å²) in [5.41, 5.74) is -0.833. The zero-order valence-corrected chi connectivity index (χ0v) is 16.5. The predicted molar refractivity (Wildman–Crippen MR) is 96.9 cm³/mol. The Morgan fingerprint density at radius 1 is 1.07 bits per heavy atom. The van der Waals surface area contributed by atoms with Crippen LogP contribution in [0.1, 0.15) is 46.6 Å². The molecule has 2 rings (SSSR count). The highest BCUT2D eigenvalue weighted by Gasteiger charge is 2.65. The van der Waals surface area contributed by atoms with E-state index in [1.807, 2.05) is 0 Å². The Bertz CT molecular complexity index is 733. The van der Waals surface area contributed by atoms with Crippen LogP contribution >= 0.6 is 0 Å². The Balaban J connectivity index is 2.52. The highest BCUT2D eigenvalue weighted by atomic mass is 16.6. The third-order valence-corrected chi connectivity index (χ3v) is 4.19. The van der Waals surface area contributed by atoms with Crippen LogP contribution in [-0.4, -0.2) is 47.4 Å². The Kier molecular flexibility index (Phi) is 5.98. The van der Waals surface area contributed by atoms with Crippen molar-refractivity contribution < 1.29 is 28.6 Å². The minimum atomic E-state index is -1.36. The van der Waals surface area contributed by atoms with Gasteiger partial charge in [-0.05, 0) is 51.8 Å². The number of hydrazine groups is 1. The number of rotatable bonds is 5. The van der Waals surface area contributed by atoms with E-state index in [1.54, 1.807) is 58.9 Å². The van der Waals surface area contributed by atoms with E-state index in [0.29, 0.717) is 16.3 Å². The SMILES string of the molecule is CCC1(c2cccc(OC)c2)C(=O)N(C(=O)OC(C)C)N1C(=O)OC(C)C. The summed E-state index contributed by atoms with van der Waals surface area (Å²) in [6, 6.07) is 6.84. The van der Waals surface area contributed by atoms with E-state index in [1.165, 1.54) is 7.11 Å². The minimum Gasteiger partial charge on any atom is -0.497 e. The Labute approximate surface area is 158 Å². The molecule has 1 heterocycles. The van der Waals surface area contributed by atoms with E-state index >= 15 is 0 Å². The van der Waals surface area contributed by atoms with Gasteiger partial charge in [0.1, 0.15) is 5.75 Å². The van der Waals surface area contributed by atoms with Crippen molar-refractivity contribution in [2.45, 2.75) is 58.8 Å². The van der Waals surface area contributed by atoms with Gasteiger partial charge in [0.2, 0.25) is 0 Å². The van der Waals surface area contributed by atoms with Crippen LogP contribution in [-0.2, 0) is 19.8 Å². The number of amides is 3. The molecule has 0 spiro atoms. The lowest BCUT2D eigenvalue weighted by molar-refractivity contribution is -0.205. The van der Waals surface area contributed by atoms with Crippen LogP contribution in [0.3, 0.4) is 0 Å². The van der Waals surface area contributed by atoms with Gasteiger partial charge in [-0.2, -0.15) is 5.01 Å². The molecule has 1 unspecified atom stereocenters. The summed E-state index contributed by atoms with van der Waals surface area (Å²) in [5, 5.41) is 1.74. The van der Waals surface area contributed by atoms with E-state index in [2.05, 4.69) is 0 Å². The minimum absolute atomic E-state index is 0.248. The molecule has 0 aromatic heterocycles. The van der Waals surface area contributed by atoms with Gasteiger partial charge in [-0.25, -0.2) is 9.59 Å². The maximum atomic E-state index is 13.1. The smallest absolute Gasteiger partial charge is 0.436 e. The first-order valence-electron chi connectivity index (χ1n) is 8.89. The highest BCUT2D eigenvalue weighted by Crippen LogP contribution is 2.45. The monoisotopic (exact) mass is 378 g/mol. The van der Waals surface area contributed by atoms with E-state index in [4.69, 9.17) is 14.2 Å². The molecule has 1 atom stereocenters. The number of carbonyl (C=O) groups excluding carboxylic acids is 3. The van der Waals surface area contributed by atoms with Crippen molar-refractivity contribution in [1.82, 2.24) is 10.0 Å². The maximum Gasteiger partial charge on any atom is 0.436 e. The number of nitrogens with zero attached hydrogens (tertiary/aromatic N) is 2. The first-order chi connectivity index (χ1) is 12.7. The molecule has 0 saturated carbocycles. The molecule has 8 heteroatoms. The fourth-order valence-corrected chi connectivity index (χ4v) is 3.02. The number of benzene rings is 1. The van der Waals surface area contributed by atoms with Gasteiger partial charge in [0.15, 0.2) is 5.54 Å². The molecule has 1 aromatic rings. The number of ether oxygens (including phenoxy) is 3. The average molecular weight is 378 g/mol. The van der Waals surface area contributed by atoms with Crippen LogP contribution in [0.25, 0.3) is 0 Å². The lowest BCUT2D eigenvalue weighted by Gasteiger charge is -2.54. The topological polar surface area (TPSA) is 85.4 Å². The normalized spacial score (nSPS) is 19.2. The van der Waals surface area contributed by atoms with Crippen molar-refractivity contribution in [2.24, 2.45) is 0 Å². The van der Waals surface area contributed by atoms with Crippen LogP contribution < -0.4 is 4.74 Å². The molecule has 1 aliphatic heterocycles. The molecule has 148 valence electrons. The fourth-order valence-electron chi connectivity index (χ4n) is 3.02. The first-order valence-corrected chi connectivity index (χ1v) is 8.89. The number of hydrogen-bond donors (Lipinski definition) is 0. The first kappa shape index (κ1) is 20.5. The summed E-state index contributed by atoms with van der Waals surface area (Å²) in [4.78, 5) is 38.2. The van der Waals surface area contributed by atoms with E-state index in [0.717, 1.165) is 5.01 Å². The van der Waals surface area contributed by atoms with Gasteiger partial charge in [-0.3, -0.25) is 4.79 Å². The van der Waals surface area contributed by atoms with E-state index in [-0.39, 0.29) is 6.42 Å². The summed E-state index contributed by atoms with van der Waals surface area (Å²) in [6.45, 7) is 8.46. The molecular formula is C19H26N2O6. The van der Waals surface area contributed by atoms with Gasteiger partial charge in [-0.15, -0.1) is 5.01 Å². The molecule has 1 aliphatic rings. The number of carbonyl (C=O) groups is 3. The van der Waals surface area contributed by atoms with Crippen LogP contribution in [0, 0.1) is 0 Å². The van der Waals surface area contributed by atoms with Gasteiger partial charge < -0.3 is 14.2 Å². The fraction of sp³-hybridized carbons (Fsp3) is 0.526. The van der Waals surface area contributed by atoms with Crippen LogP contribution in [0.2, 0.25) is 0 Å². The summed E-state index contributed by atoms with van der Waals surface area (Å²) < 4.78 is 15.6. The van der Waals surface area contributed by atoms with Gasteiger partial charge in [0.25, 0.3) is 5.91 Å². The van der Waals surface area contributed by atoms with Crippen molar-refractivity contribution in [1.29, 1.82) is 0 Å². The number of hydrogen-bond acceptors (Lipinski definition) is 6. The molecule has 0 N–H and O–H groups in total. The molecule has 1 fully saturated rings. The van der Waals surface area contributed by atoms with Crippen molar-refractivity contribution in [3.05, 3.63) is 29.8 Å². The second-order valence-electron chi connectivity index (χ2n) is 6.74. The second-order valence-corrected chi connectivity index (χ2v) is 6.74. The zero-order valence-electron chi connectivity index (χ0n) is 16.5. The molecule has 8 nitrogen and oxygen atoms in total. The molecule has 1 saturated heterocycles. The third kappa shape index (κ3) is 3.56. The molecule has 27 heavy (non-hydrogen) atoms. The quantitative estimate of drug-likeness (QED) is 0.780. The Hall–Kier alpha value is -2.77. The van der Waals surface area contributed by atoms with Gasteiger partial charge >= 0.3 is 12.2 Å². The molecule has 3 amide bonds. The summed E-state index contributed by atoms with van der Waals surface area (Å²) in [7, 11) is 1.51. The van der Waals surface area contributed by atoms with Crippen molar-refractivity contribution in [2.75, 3.05) is 7.11 Å². The number of imide groups is 1. The predicted octanol–water partition coefficient (Wildman–Crippen LogP) is 3.45. The molecule has 0 radical (unpaired) electrons. The molecular weight excluding hydrogens is 352 g/mol. The van der Waals surface area contributed by atoms with Gasteiger partial charge in [0.05, 0.1) is 19.3 Å². The number of methoxy groups -OCH3 is 1. The van der Waals surface area contributed by atoms with Crippen LogP contribution in [0.4, 0.5) is 9.59 Å². The van der Waals surface area contributed by atoms with E-state index < -0.39 is 35.8 Å². The molecule has 1 aromatic carbocycles. The lowest BCUT2D eigenvalue weighted by atomic mass is 9.81. The largest absolute Gasteiger partial charge is 0.497 e. The Morgan fingerprint density at radius 2 is 1.67 bits per heavy atom. The molecule has 0 aliphatic carbocycles. The van der Waals surface area contributed by atoms with E-state index in [9.17, 15) is 14.4 Å². The average Bonchev–Trinajstić information content (AvgIpc) is 2.59. The highest BCUT2D eigenvalue weighted by molar-refractivity contribution is 6.06. The third-order valence-electron chi connectivity index (χ3n) is 4.19. The maximum absolute atomic E-state index is 13.1. The zero-order chi connectivity index (χ0) is 20.4. The van der Waals surface area contributed by atoms with Gasteiger partial charge in [-0.1, -0.05) is 19.1 Å². The standard InChI is InChI=1S/C19H26N2O6/c1-7-19(14-9-8-10-15(11-14)25-6)16(22)20(17(23)26-12(2)3)21(19)18(24)27-13(4)5/h8-13H,7H2,1-6H3. The lowest BCUT2D eigenvalue weighted by Crippen LogP contribution is -2.78. The van der Waals surface area contributed by atoms with Crippen LogP contribution in [0.15, 0.2) is 24.3 Å². The van der Waals surface area contributed by atoms with Gasteiger partial charge in [0, 0.05) is 0 Å². The van der Waals surface area contributed by atoms with Crippen molar-refractivity contribution in [3.8, 4) is 5.75 Å². The second kappa shape index (κ2) is 7.85. The summed E-state index contributed by atoms with van der Waals surface area (Å²) in [6.07, 6.45) is -2.33.